The summed E-state index contributed by atoms with van der Waals surface area (Å²) < 4.78 is 43.0. The molecule has 2 aromatic rings. The highest BCUT2D eigenvalue weighted by atomic mass is 19.4. The molecular formula is C25H31F3N2O3. The highest BCUT2D eigenvalue weighted by Crippen LogP contribution is 2.47. The van der Waals surface area contributed by atoms with Gasteiger partial charge in [0, 0.05) is 18.7 Å². The molecule has 1 fully saturated rings. The maximum atomic E-state index is 12.4. The number of benzene rings is 2. The Hall–Kier alpha value is -2.13. The van der Waals surface area contributed by atoms with Crippen molar-refractivity contribution >= 4 is 0 Å². The highest BCUT2D eigenvalue weighted by molar-refractivity contribution is 5.82. The summed E-state index contributed by atoms with van der Waals surface area (Å²) in [7, 11) is 0. The third-order valence-corrected chi connectivity index (χ3v) is 6.54. The van der Waals surface area contributed by atoms with Gasteiger partial charge in [-0.05, 0) is 61.2 Å². The SMILES string of the molecule is OC1c2ccccc2-c2c(OC[C@@H](O)CNCC3CCN(CCC(F)(F)F)CC3)cccc21. The number of hydrogen-bond acceptors (Lipinski definition) is 5. The third-order valence-electron chi connectivity index (χ3n) is 6.54. The van der Waals surface area contributed by atoms with Crippen molar-refractivity contribution in [3.8, 4) is 16.9 Å². The van der Waals surface area contributed by atoms with Crippen molar-refractivity contribution in [1.82, 2.24) is 10.2 Å². The molecule has 33 heavy (non-hydrogen) atoms. The number of rotatable bonds is 9. The third kappa shape index (κ3) is 6.06. The zero-order valence-corrected chi connectivity index (χ0v) is 18.5. The van der Waals surface area contributed by atoms with E-state index >= 15 is 0 Å². The van der Waals surface area contributed by atoms with E-state index in [-0.39, 0.29) is 13.2 Å². The number of ether oxygens (including phenoxy) is 1. The van der Waals surface area contributed by atoms with Crippen molar-refractivity contribution in [2.45, 2.75) is 37.6 Å². The first kappa shape index (κ1) is 24.0. The van der Waals surface area contributed by atoms with E-state index in [1.54, 1.807) is 0 Å². The molecule has 1 aliphatic carbocycles. The zero-order valence-electron chi connectivity index (χ0n) is 18.5. The van der Waals surface area contributed by atoms with Gasteiger partial charge in [-0.3, -0.25) is 0 Å². The molecule has 2 aromatic carbocycles. The first-order chi connectivity index (χ1) is 15.8. The number of likely N-dealkylation sites (tertiary alicyclic amines) is 1. The number of fused-ring (bicyclic) bond motifs is 3. The van der Waals surface area contributed by atoms with E-state index in [1.165, 1.54) is 0 Å². The van der Waals surface area contributed by atoms with Crippen LogP contribution in [0.2, 0.25) is 0 Å². The molecule has 5 nitrogen and oxygen atoms in total. The summed E-state index contributed by atoms with van der Waals surface area (Å²) in [6.45, 7) is 2.66. The van der Waals surface area contributed by atoms with Crippen LogP contribution in [0.15, 0.2) is 42.5 Å². The second kappa shape index (κ2) is 10.4. The number of nitrogens with one attached hydrogen (secondary N) is 1. The summed E-state index contributed by atoms with van der Waals surface area (Å²) in [5.41, 5.74) is 3.49. The molecule has 0 amide bonds. The standard InChI is InChI=1S/C25H31F3N2O3/c26-25(27,28)10-13-30-11-8-17(9-12-30)14-29-15-18(31)16-33-22-7-3-6-21-23(22)19-4-1-2-5-20(19)24(21)32/h1-7,17-18,24,29,31-32H,8-16H2/t18-,24?/m0/s1. The Morgan fingerprint density at radius 1 is 1.06 bits per heavy atom. The normalized spacial score (nSPS) is 19.8. The van der Waals surface area contributed by atoms with Gasteiger partial charge in [0.2, 0.25) is 0 Å². The molecule has 0 saturated carbocycles. The molecule has 1 unspecified atom stereocenters. The van der Waals surface area contributed by atoms with Crippen LogP contribution in [0.3, 0.4) is 0 Å². The highest BCUT2D eigenvalue weighted by Gasteiger charge is 2.30. The molecule has 1 saturated heterocycles. The average molecular weight is 465 g/mol. The average Bonchev–Trinajstić information content (AvgIpc) is 3.10. The van der Waals surface area contributed by atoms with E-state index in [2.05, 4.69) is 5.32 Å². The Balaban J connectivity index is 1.20. The minimum atomic E-state index is -4.10. The Bertz CT molecular complexity index is 929. The van der Waals surface area contributed by atoms with Crippen LogP contribution in [0.4, 0.5) is 13.2 Å². The summed E-state index contributed by atoms with van der Waals surface area (Å²) in [4.78, 5) is 1.88. The maximum Gasteiger partial charge on any atom is 0.390 e. The van der Waals surface area contributed by atoms with Gasteiger partial charge in [-0.15, -0.1) is 0 Å². The van der Waals surface area contributed by atoms with Crippen molar-refractivity contribution < 1.29 is 28.1 Å². The van der Waals surface area contributed by atoms with Gasteiger partial charge in [0.1, 0.15) is 24.6 Å². The lowest BCUT2D eigenvalue weighted by atomic mass is 9.96. The number of hydrogen-bond donors (Lipinski definition) is 3. The lowest BCUT2D eigenvalue weighted by Crippen LogP contribution is -2.40. The topological polar surface area (TPSA) is 65.0 Å². The predicted molar refractivity (Wildman–Crippen MR) is 120 cm³/mol. The number of halogens is 3. The fourth-order valence-corrected chi connectivity index (χ4v) is 4.71. The van der Waals surface area contributed by atoms with Crippen molar-refractivity contribution in [1.29, 1.82) is 0 Å². The van der Waals surface area contributed by atoms with Crippen molar-refractivity contribution in [2.75, 3.05) is 39.3 Å². The maximum absolute atomic E-state index is 12.4. The zero-order chi connectivity index (χ0) is 23.4. The molecule has 1 aliphatic heterocycles. The van der Waals surface area contributed by atoms with Crippen LogP contribution in [-0.4, -0.2) is 66.7 Å². The lowest BCUT2D eigenvalue weighted by molar-refractivity contribution is -0.138. The minimum absolute atomic E-state index is 0.0738. The quantitative estimate of drug-likeness (QED) is 0.528. The van der Waals surface area contributed by atoms with Gasteiger partial charge in [-0.1, -0.05) is 36.4 Å². The summed E-state index contributed by atoms with van der Waals surface area (Å²) in [6.07, 6.45) is -4.51. The predicted octanol–water partition coefficient (Wildman–Crippen LogP) is 3.74. The van der Waals surface area contributed by atoms with Gasteiger partial charge in [-0.25, -0.2) is 0 Å². The summed E-state index contributed by atoms with van der Waals surface area (Å²) in [6, 6.07) is 13.3. The molecule has 0 radical (unpaired) electrons. The van der Waals surface area contributed by atoms with Crippen LogP contribution in [0, 0.1) is 5.92 Å². The Morgan fingerprint density at radius 2 is 1.79 bits per heavy atom. The van der Waals surface area contributed by atoms with E-state index in [9.17, 15) is 23.4 Å². The van der Waals surface area contributed by atoms with Crippen LogP contribution >= 0.6 is 0 Å². The van der Waals surface area contributed by atoms with Gasteiger partial charge in [-0.2, -0.15) is 13.2 Å². The fourth-order valence-electron chi connectivity index (χ4n) is 4.71. The number of alkyl halides is 3. The molecule has 0 spiro atoms. The van der Waals surface area contributed by atoms with Crippen LogP contribution in [0.1, 0.15) is 36.5 Å². The molecule has 2 atom stereocenters. The van der Waals surface area contributed by atoms with Crippen LogP contribution in [0.25, 0.3) is 11.1 Å². The molecule has 4 rings (SSSR count). The van der Waals surface area contributed by atoms with E-state index < -0.39 is 24.8 Å². The van der Waals surface area contributed by atoms with Crippen molar-refractivity contribution in [3.63, 3.8) is 0 Å². The number of nitrogens with zero attached hydrogens (tertiary/aromatic N) is 1. The number of aliphatic hydroxyl groups excluding tert-OH is 2. The Labute approximate surface area is 192 Å². The fraction of sp³-hybridized carbons (Fsp3) is 0.520. The van der Waals surface area contributed by atoms with Gasteiger partial charge in [0.05, 0.1) is 6.42 Å². The Morgan fingerprint density at radius 3 is 2.55 bits per heavy atom. The van der Waals surface area contributed by atoms with Crippen LogP contribution in [0.5, 0.6) is 5.75 Å². The van der Waals surface area contributed by atoms with Crippen LogP contribution in [-0.2, 0) is 0 Å². The lowest BCUT2D eigenvalue weighted by Gasteiger charge is -2.32. The van der Waals surface area contributed by atoms with Gasteiger partial charge in [0.25, 0.3) is 0 Å². The molecular weight excluding hydrogens is 433 g/mol. The number of piperidine rings is 1. The van der Waals surface area contributed by atoms with E-state index in [1.807, 2.05) is 47.4 Å². The largest absolute Gasteiger partial charge is 0.490 e. The van der Waals surface area contributed by atoms with E-state index in [0.717, 1.165) is 41.6 Å². The van der Waals surface area contributed by atoms with E-state index in [4.69, 9.17) is 4.74 Å². The monoisotopic (exact) mass is 464 g/mol. The van der Waals surface area contributed by atoms with Crippen molar-refractivity contribution in [3.05, 3.63) is 53.6 Å². The first-order valence-electron chi connectivity index (χ1n) is 11.5. The first-order valence-corrected chi connectivity index (χ1v) is 11.5. The van der Waals surface area contributed by atoms with Gasteiger partial charge < -0.3 is 25.2 Å². The molecule has 0 bridgehead atoms. The number of aliphatic hydroxyl groups is 2. The minimum Gasteiger partial charge on any atom is -0.490 e. The summed E-state index contributed by atoms with van der Waals surface area (Å²) in [5, 5.41) is 24.2. The molecule has 1 heterocycles. The molecule has 3 N–H and O–H groups in total. The molecule has 180 valence electrons. The van der Waals surface area contributed by atoms with Crippen LogP contribution < -0.4 is 10.1 Å². The molecule has 8 heteroatoms. The second-order valence-electron chi connectivity index (χ2n) is 8.98. The van der Waals surface area contributed by atoms with Gasteiger partial charge in [0.15, 0.2) is 0 Å². The summed E-state index contributed by atoms with van der Waals surface area (Å²) >= 11 is 0. The summed E-state index contributed by atoms with van der Waals surface area (Å²) in [5.74, 6) is 1.04. The Kier molecular flexibility index (Phi) is 7.58. The van der Waals surface area contributed by atoms with E-state index in [0.29, 0.717) is 31.3 Å². The van der Waals surface area contributed by atoms with Gasteiger partial charge >= 0.3 is 6.18 Å². The second-order valence-corrected chi connectivity index (χ2v) is 8.98. The van der Waals surface area contributed by atoms with Crippen molar-refractivity contribution in [2.24, 2.45) is 5.92 Å². The molecule has 0 aromatic heterocycles. The smallest absolute Gasteiger partial charge is 0.390 e. The molecule has 2 aliphatic rings.